The molecule has 0 N–H and O–H groups in total. The summed E-state index contributed by atoms with van der Waals surface area (Å²) in [6, 6.07) is 76.8. The Labute approximate surface area is 413 Å². The minimum absolute atomic E-state index is 0.547. The maximum Gasteiger partial charge on any atom is 0.166 e. The average molecular weight is 912 g/mol. The molecule has 0 fully saturated rings. The maximum absolute atomic E-state index is 5.60. The summed E-state index contributed by atoms with van der Waals surface area (Å²) in [4.78, 5) is 26.8. The fraction of sp³-hybridized carbons (Fsp3) is 0. The number of hydrogen-bond donors (Lipinski definition) is 0. The molecule has 2 aliphatic carbocycles. The molecule has 2 aliphatic rings. The fourth-order valence-electron chi connectivity index (χ4n) is 12.1. The molecule has 0 aliphatic heterocycles. The van der Waals surface area contributed by atoms with Crippen LogP contribution < -0.4 is 0 Å². The van der Waals surface area contributed by atoms with Crippen molar-refractivity contribution in [3.05, 3.63) is 225 Å². The minimum atomic E-state index is 0.547. The lowest BCUT2D eigenvalue weighted by molar-refractivity contribution is 1.08. The van der Waals surface area contributed by atoms with E-state index in [0.29, 0.717) is 17.5 Å². The van der Waals surface area contributed by atoms with E-state index < -0.39 is 0 Å². The minimum Gasteiger partial charge on any atom is -0.255 e. The number of fused-ring (bicyclic) bond motifs is 10. The predicted molar refractivity (Wildman–Crippen MR) is 296 cm³/mol. The second-order valence-corrected chi connectivity index (χ2v) is 19.1. The largest absolute Gasteiger partial charge is 0.255 e. The number of benzene rings is 11. The standard InChI is InChI=1S/C67H37N5/c1-3-17-47-38(13-1)33-40-15-11-31-68-63(40)61(47)66-70-65(71-67(72-66)62-48-18-4-2-14-39(48)34-41-16-12-32-69-64(41)62)44-36-42(45-27-29-57-51-21-7-5-19-49(51)55-25-9-23-53(45)59(55)57)35-43(37-44)46-28-30-58-52-22-8-6-20-50(52)56-26-10-24-54(46)60(56)58/h1-37H. The highest BCUT2D eigenvalue weighted by atomic mass is 15.0. The van der Waals surface area contributed by atoms with Gasteiger partial charge in [0.2, 0.25) is 0 Å². The molecule has 0 bridgehead atoms. The van der Waals surface area contributed by atoms with Gasteiger partial charge in [-0.15, -0.1) is 0 Å². The van der Waals surface area contributed by atoms with E-state index in [2.05, 4.69) is 200 Å². The van der Waals surface area contributed by atoms with Crippen LogP contribution in [0.5, 0.6) is 0 Å². The molecule has 72 heavy (non-hydrogen) atoms. The molecular weight excluding hydrogens is 875 g/mol. The summed E-state index contributed by atoms with van der Waals surface area (Å²) >= 11 is 0. The number of rotatable bonds is 5. The van der Waals surface area contributed by atoms with Crippen molar-refractivity contribution in [2.45, 2.75) is 0 Å². The first kappa shape index (κ1) is 39.2. The first-order chi connectivity index (χ1) is 35.7. The molecule has 0 radical (unpaired) electrons. The monoisotopic (exact) mass is 911 g/mol. The van der Waals surface area contributed by atoms with Crippen LogP contribution in [0.4, 0.5) is 0 Å². The molecule has 3 aromatic heterocycles. The zero-order chi connectivity index (χ0) is 47.0. The topological polar surface area (TPSA) is 64.5 Å². The fourth-order valence-corrected chi connectivity index (χ4v) is 12.1. The Bertz CT molecular complexity index is 4250. The van der Waals surface area contributed by atoms with E-state index in [9.17, 15) is 0 Å². The summed E-state index contributed by atoms with van der Waals surface area (Å²) in [6.07, 6.45) is 3.71. The van der Waals surface area contributed by atoms with Gasteiger partial charge >= 0.3 is 0 Å². The van der Waals surface area contributed by atoms with Crippen LogP contribution in [0.1, 0.15) is 0 Å². The SMILES string of the molecule is c1ccc2c(c1)-c1cccc3c(-c4cc(-c5nc(-c6c7ccccc7cc7cccnc67)nc(-c6c7ccccc7cc7cccnc67)n5)cc(-c5ccc6c7c(cccc57)-c5ccccc5-6)c4)ccc-2c13. The van der Waals surface area contributed by atoms with Crippen molar-refractivity contribution in [2.75, 3.05) is 0 Å². The molecule has 3 heterocycles. The van der Waals surface area contributed by atoms with E-state index in [-0.39, 0.29) is 0 Å². The van der Waals surface area contributed by atoms with E-state index >= 15 is 0 Å². The molecule has 330 valence electrons. The lowest BCUT2D eigenvalue weighted by Gasteiger charge is -2.17. The number of aromatic nitrogens is 5. The third-order valence-corrected chi connectivity index (χ3v) is 15.2. The van der Waals surface area contributed by atoms with Gasteiger partial charge in [0.1, 0.15) is 0 Å². The summed E-state index contributed by atoms with van der Waals surface area (Å²) in [7, 11) is 0. The molecule has 11 aromatic carbocycles. The van der Waals surface area contributed by atoms with E-state index in [1.807, 2.05) is 24.5 Å². The molecule has 0 saturated heterocycles. The molecule has 5 heteroatoms. The summed E-state index contributed by atoms with van der Waals surface area (Å²) < 4.78 is 0. The van der Waals surface area contributed by atoms with Gasteiger partial charge in [-0.25, -0.2) is 15.0 Å². The summed E-state index contributed by atoms with van der Waals surface area (Å²) in [5.41, 5.74) is 18.9. The summed E-state index contributed by atoms with van der Waals surface area (Å²) in [5, 5.41) is 11.2. The van der Waals surface area contributed by atoms with Crippen LogP contribution in [0.2, 0.25) is 0 Å². The maximum atomic E-state index is 5.60. The first-order valence-corrected chi connectivity index (χ1v) is 24.5. The van der Waals surface area contributed by atoms with Crippen molar-refractivity contribution in [3.63, 3.8) is 0 Å². The molecule has 0 unspecified atom stereocenters. The second kappa shape index (κ2) is 14.9. The Morgan fingerprint density at radius 1 is 0.236 bits per heavy atom. The van der Waals surface area contributed by atoms with Crippen molar-refractivity contribution in [1.82, 2.24) is 24.9 Å². The van der Waals surface area contributed by atoms with Crippen LogP contribution in [0.25, 0.3) is 166 Å². The Morgan fingerprint density at radius 2 is 0.597 bits per heavy atom. The smallest absolute Gasteiger partial charge is 0.166 e. The summed E-state index contributed by atoms with van der Waals surface area (Å²) in [5.74, 6) is 1.65. The third-order valence-electron chi connectivity index (χ3n) is 15.2. The Morgan fingerprint density at radius 3 is 1.08 bits per heavy atom. The highest BCUT2D eigenvalue weighted by molar-refractivity contribution is 6.21. The van der Waals surface area contributed by atoms with Crippen LogP contribution in [0.3, 0.4) is 0 Å². The molecule has 0 saturated carbocycles. The van der Waals surface area contributed by atoms with Gasteiger partial charge in [0, 0.05) is 28.7 Å². The molecule has 5 nitrogen and oxygen atoms in total. The van der Waals surface area contributed by atoms with Gasteiger partial charge in [-0.05, 0) is 152 Å². The highest BCUT2D eigenvalue weighted by Crippen LogP contribution is 2.52. The van der Waals surface area contributed by atoms with Gasteiger partial charge in [0.15, 0.2) is 17.5 Å². The van der Waals surface area contributed by atoms with Crippen molar-refractivity contribution >= 4 is 64.9 Å². The Kier molecular flexibility index (Phi) is 8.10. The van der Waals surface area contributed by atoms with Gasteiger partial charge in [-0.2, -0.15) is 0 Å². The van der Waals surface area contributed by atoms with Crippen molar-refractivity contribution in [2.24, 2.45) is 0 Å². The van der Waals surface area contributed by atoms with Gasteiger partial charge in [0.25, 0.3) is 0 Å². The zero-order valence-corrected chi connectivity index (χ0v) is 38.6. The van der Waals surface area contributed by atoms with E-state index in [0.717, 1.165) is 82.3 Å². The van der Waals surface area contributed by atoms with E-state index in [1.165, 1.54) is 66.1 Å². The van der Waals surface area contributed by atoms with Gasteiger partial charge < -0.3 is 0 Å². The normalized spacial score (nSPS) is 12.2. The third kappa shape index (κ3) is 5.61. The first-order valence-electron chi connectivity index (χ1n) is 24.5. The van der Waals surface area contributed by atoms with E-state index in [1.54, 1.807) is 0 Å². The number of pyridine rings is 2. The van der Waals surface area contributed by atoms with Crippen LogP contribution >= 0.6 is 0 Å². The lowest BCUT2D eigenvalue weighted by Crippen LogP contribution is -2.03. The lowest BCUT2D eigenvalue weighted by atomic mass is 9.89. The van der Waals surface area contributed by atoms with Crippen molar-refractivity contribution in [1.29, 1.82) is 0 Å². The quantitative estimate of drug-likeness (QED) is 0.161. The number of nitrogens with zero attached hydrogens (tertiary/aromatic N) is 5. The highest BCUT2D eigenvalue weighted by Gasteiger charge is 2.27. The average Bonchev–Trinajstić information content (AvgIpc) is 3.95. The molecule has 0 spiro atoms. The van der Waals surface area contributed by atoms with Crippen LogP contribution in [-0.2, 0) is 0 Å². The molecular formula is C67H37N5. The van der Waals surface area contributed by atoms with Crippen LogP contribution in [0, 0.1) is 0 Å². The Balaban J connectivity index is 1.02. The Hall–Kier alpha value is -9.71. The number of hydrogen-bond acceptors (Lipinski definition) is 5. The van der Waals surface area contributed by atoms with Gasteiger partial charge in [-0.3, -0.25) is 9.97 Å². The molecule has 0 atom stereocenters. The van der Waals surface area contributed by atoms with Crippen molar-refractivity contribution < 1.29 is 0 Å². The molecule has 0 amide bonds. The molecule has 16 rings (SSSR count). The van der Waals surface area contributed by atoms with Gasteiger partial charge in [0.05, 0.1) is 22.2 Å². The van der Waals surface area contributed by atoms with E-state index in [4.69, 9.17) is 24.9 Å². The predicted octanol–water partition coefficient (Wildman–Crippen LogP) is 17.2. The second-order valence-electron chi connectivity index (χ2n) is 19.1. The van der Waals surface area contributed by atoms with Crippen molar-refractivity contribution in [3.8, 4) is 101 Å². The summed E-state index contributed by atoms with van der Waals surface area (Å²) in [6.45, 7) is 0. The zero-order valence-electron chi connectivity index (χ0n) is 38.6. The van der Waals surface area contributed by atoms with Gasteiger partial charge in [-0.1, -0.05) is 170 Å². The molecule has 14 aromatic rings. The van der Waals surface area contributed by atoms with Crippen LogP contribution in [0.15, 0.2) is 225 Å². The van der Waals surface area contributed by atoms with Crippen LogP contribution in [-0.4, -0.2) is 24.9 Å².